The van der Waals surface area contributed by atoms with E-state index in [2.05, 4.69) is 0 Å². The Labute approximate surface area is 130 Å². The number of hydrogen-bond acceptors (Lipinski definition) is 4. The normalized spacial score (nSPS) is 21.3. The topological polar surface area (TPSA) is 83.6 Å². The summed E-state index contributed by atoms with van der Waals surface area (Å²) in [5, 5.41) is 9.58. The molecule has 0 amide bonds. The average molecular weight is 328 g/mol. The van der Waals surface area contributed by atoms with Crippen LogP contribution >= 0.6 is 12.2 Å². The minimum atomic E-state index is -3.49. The molecule has 116 valence electrons. The summed E-state index contributed by atoms with van der Waals surface area (Å²) in [5.41, 5.74) is 6.37. The van der Waals surface area contributed by atoms with Gasteiger partial charge in [0.05, 0.1) is 16.0 Å². The standard InChI is InChI=1S/C14H20N2O3S2/c1-10(17)12-6-7-16(9-12)21(18,19)13-4-2-11(3-5-13)8-14(15)20/h2-5,10,12,17H,6-9H2,1H3,(H2,15,20). The van der Waals surface area contributed by atoms with E-state index >= 15 is 0 Å². The Morgan fingerprint density at radius 2 is 2.10 bits per heavy atom. The van der Waals surface area contributed by atoms with E-state index in [9.17, 15) is 13.5 Å². The van der Waals surface area contributed by atoms with Crippen LogP contribution in [-0.2, 0) is 16.4 Å². The van der Waals surface area contributed by atoms with Gasteiger partial charge >= 0.3 is 0 Å². The van der Waals surface area contributed by atoms with Crippen LogP contribution in [0.25, 0.3) is 0 Å². The van der Waals surface area contributed by atoms with Crippen LogP contribution in [0, 0.1) is 5.92 Å². The predicted molar refractivity (Wildman–Crippen MR) is 85.5 cm³/mol. The summed E-state index contributed by atoms with van der Waals surface area (Å²) in [6.07, 6.45) is 0.665. The minimum Gasteiger partial charge on any atom is -0.393 e. The number of hydrogen-bond donors (Lipinski definition) is 2. The molecule has 1 aliphatic rings. The highest BCUT2D eigenvalue weighted by molar-refractivity contribution is 7.89. The lowest BCUT2D eigenvalue weighted by molar-refractivity contribution is 0.133. The Balaban J connectivity index is 2.15. The van der Waals surface area contributed by atoms with Gasteiger partial charge in [-0.2, -0.15) is 4.31 Å². The lowest BCUT2D eigenvalue weighted by atomic mass is 10.0. The molecule has 0 aromatic heterocycles. The first-order valence-electron chi connectivity index (χ1n) is 6.86. The second kappa shape index (κ2) is 6.39. The lowest BCUT2D eigenvalue weighted by Crippen LogP contribution is -2.30. The molecule has 0 spiro atoms. The number of aliphatic hydroxyl groups is 1. The van der Waals surface area contributed by atoms with Crippen molar-refractivity contribution in [2.75, 3.05) is 13.1 Å². The van der Waals surface area contributed by atoms with Gasteiger partial charge in [-0.05, 0) is 37.0 Å². The van der Waals surface area contributed by atoms with Crippen LogP contribution in [-0.4, -0.2) is 42.0 Å². The summed E-state index contributed by atoms with van der Waals surface area (Å²) in [6, 6.07) is 6.62. The van der Waals surface area contributed by atoms with Gasteiger partial charge in [0.15, 0.2) is 0 Å². The molecule has 0 aliphatic carbocycles. The first-order valence-corrected chi connectivity index (χ1v) is 8.71. The fourth-order valence-electron chi connectivity index (χ4n) is 2.50. The van der Waals surface area contributed by atoms with Gasteiger partial charge in [0, 0.05) is 19.5 Å². The summed E-state index contributed by atoms with van der Waals surface area (Å²) >= 11 is 4.84. The second-order valence-corrected chi connectivity index (χ2v) is 7.90. The zero-order valence-corrected chi connectivity index (χ0v) is 13.5. The van der Waals surface area contributed by atoms with E-state index in [0.717, 1.165) is 5.56 Å². The third kappa shape index (κ3) is 3.79. The molecule has 1 aliphatic heterocycles. The maximum absolute atomic E-state index is 12.5. The van der Waals surface area contributed by atoms with Crippen LogP contribution in [0.1, 0.15) is 18.9 Å². The third-order valence-electron chi connectivity index (χ3n) is 3.81. The van der Waals surface area contributed by atoms with Gasteiger partial charge in [-0.1, -0.05) is 24.4 Å². The number of nitrogens with zero attached hydrogens (tertiary/aromatic N) is 1. The Morgan fingerprint density at radius 3 is 2.57 bits per heavy atom. The highest BCUT2D eigenvalue weighted by atomic mass is 32.2. The fraction of sp³-hybridized carbons (Fsp3) is 0.500. The molecule has 1 saturated heterocycles. The number of aliphatic hydroxyl groups excluding tert-OH is 1. The van der Waals surface area contributed by atoms with Gasteiger partial charge in [0.2, 0.25) is 10.0 Å². The average Bonchev–Trinajstić information content (AvgIpc) is 2.89. The van der Waals surface area contributed by atoms with E-state index < -0.39 is 16.1 Å². The van der Waals surface area contributed by atoms with E-state index in [0.29, 0.717) is 30.9 Å². The van der Waals surface area contributed by atoms with Gasteiger partial charge in [0.1, 0.15) is 0 Å². The van der Waals surface area contributed by atoms with Crippen molar-refractivity contribution in [1.29, 1.82) is 0 Å². The van der Waals surface area contributed by atoms with E-state index in [4.69, 9.17) is 18.0 Å². The van der Waals surface area contributed by atoms with E-state index in [1.165, 1.54) is 4.31 Å². The highest BCUT2D eigenvalue weighted by Gasteiger charge is 2.34. The molecule has 3 N–H and O–H groups in total. The van der Waals surface area contributed by atoms with Crippen LogP contribution in [0.15, 0.2) is 29.2 Å². The summed E-state index contributed by atoms with van der Waals surface area (Å²) in [7, 11) is -3.49. The maximum Gasteiger partial charge on any atom is 0.243 e. The molecule has 0 radical (unpaired) electrons. The van der Waals surface area contributed by atoms with Crippen molar-refractivity contribution in [1.82, 2.24) is 4.31 Å². The number of thiocarbonyl (C=S) groups is 1. The predicted octanol–water partition coefficient (Wildman–Crippen LogP) is 0.907. The molecule has 7 heteroatoms. The van der Waals surface area contributed by atoms with Crippen molar-refractivity contribution in [3.8, 4) is 0 Å². The summed E-state index contributed by atoms with van der Waals surface area (Å²) in [6.45, 7) is 2.52. The summed E-state index contributed by atoms with van der Waals surface area (Å²) in [5.74, 6) is 0.00802. The van der Waals surface area contributed by atoms with Crippen LogP contribution in [0.3, 0.4) is 0 Å². The first-order chi connectivity index (χ1) is 9.80. The molecule has 2 unspecified atom stereocenters. The molecule has 1 heterocycles. The molecule has 0 bridgehead atoms. The lowest BCUT2D eigenvalue weighted by Gasteiger charge is -2.18. The first kappa shape index (κ1) is 16.4. The third-order valence-corrected chi connectivity index (χ3v) is 5.83. The Kier molecular flexibility index (Phi) is 4.98. The van der Waals surface area contributed by atoms with E-state index in [1.54, 1.807) is 31.2 Å². The Morgan fingerprint density at radius 1 is 1.48 bits per heavy atom. The highest BCUT2D eigenvalue weighted by Crippen LogP contribution is 2.26. The van der Waals surface area contributed by atoms with Gasteiger partial charge in [-0.25, -0.2) is 8.42 Å². The number of sulfonamides is 1. The zero-order chi connectivity index (χ0) is 15.6. The number of rotatable bonds is 5. The quantitative estimate of drug-likeness (QED) is 0.785. The summed E-state index contributed by atoms with van der Waals surface area (Å²) in [4.78, 5) is 0.644. The van der Waals surface area contributed by atoms with Crippen molar-refractivity contribution < 1.29 is 13.5 Å². The van der Waals surface area contributed by atoms with Gasteiger partial charge in [-0.3, -0.25) is 0 Å². The molecular weight excluding hydrogens is 308 g/mol. The molecule has 1 fully saturated rings. The molecule has 1 aromatic rings. The van der Waals surface area contributed by atoms with Crippen molar-refractivity contribution in [3.05, 3.63) is 29.8 Å². The van der Waals surface area contributed by atoms with Crippen molar-refractivity contribution in [2.24, 2.45) is 11.7 Å². The molecule has 1 aromatic carbocycles. The molecule has 0 saturated carbocycles. The molecule has 2 rings (SSSR count). The van der Waals surface area contributed by atoms with Crippen LogP contribution in [0.5, 0.6) is 0 Å². The van der Waals surface area contributed by atoms with Crippen LogP contribution in [0.4, 0.5) is 0 Å². The van der Waals surface area contributed by atoms with E-state index in [-0.39, 0.29) is 10.8 Å². The molecule has 21 heavy (non-hydrogen) atoms. The zero-order valence-electron chi connectivity index (χ0n) is 11.9. The van der Waals surface area contributed by atoms with Gasteiger partial charge < -0.3 is 10.8 Å². The van der Waals surface area contributed by atoms with Crippen molar-refractivity contribution in [3.63, 3.8) is 0 Å². The van der Waals surface area contributed by atoms with Crippen LogP contribution in [0.2, 0.25) is 0 Å². The van der Waals surface area contributed by atoms with Crippen molar-refractivity contribution >= 4 is 27.2 Å². The molecule has 5 nitrogen and oxygen atoms in total. The monoisotopic (exact) mass is 328 g/mol. The smallest absolute Gasteiger partial charge is 0.243 e. The van der Waals surface area contributed by atoms with Crippen molar-refractivity contribution in [2.45, 2.75) is 30.8 Å². The minimum absolute atomic E-state index is 0.00802. The Hall–Kier alpha value is -1.02. The molecule has 2 atom stereocenters. The molecular formula is C14H20N2O3S2. The second-order valence-electron chi connectivity index (χ2n) is 5.44. The number of benzene rings is 1. The van der Waals surface area contributed by atoms with E-state index in [1.807, 2.05) is 0 Å². The Bertz CT molecular complexity index is 612. The summed E-state index contributed by atoms with van der Waals surface area (Å²) < 4.78 is 26.5. The SMILES string of the molecule is CC(O)C1CCN(S(=O)(=O)c2ccc(CC(N)=S)cc2)C1. The van der Waals surface area contributed by atoms with Gasteiger partial charge in [0.25, 0.3) is 0 Å². The van der Waals surface area contributed by atoms with Crippen LogP contribution < -0.4 is 5.73 Å². The van der Waals surface area contributed by atoms with Gasteiger partial charge in [-0.15, -0.1) is 0 Å². The maximum atomic E-state index is 12.5. The fourth-order valence-corrected chi connectivity index (χ4v) is 4.17. The number of nitrogens with two attached hydrogens (primary N) is 1. The largest absolute Gasteiger partial charge is 0.393 e.